The number of unbranched alkanes of at least 4 members (excludes halogenated alkanes) is 30. The predicted octanol–water partition coefficient (Wildman–Crippen LogP) is 16.1. The fraction of sp³-hybridized carbons (Fsp3) is 0.941. The molecule has 0 amide bonds. The topological polar surface area (TPSA) is 78.9 Å². The highest BCUT2D eigenvalue weighted by atomic mass is 16.6. The number of rotatable bonds is 45. The fourth-order valence-electron chi connectivity index (χ4n) is 7.64. The molecule has 0 saturated heterocycles. The molecule has 0 spiro atoms. The molecule has 338 valence electrons. The van der Waals surface area contributed by atoms with Gasteiger partial charge in [-0.3, -0.25) is 14.4 Å². The summed E-state index contributed by atoms with van der Waals surface area (Å²) in [6, 6.07) is 0. The molecule has 0 radical (unpaired) electrons. The maximum absolute atomic E-state index is 12.8. The van der Waals surface area contributed by atoms with Crippen LogP contribution in [0.15, 0.2) is 0 Å². The van der Waals surface area contributed by atoms with E-state index in [1.807, 2.05) is 0 Å². The molecule has 6 nitrogen and oxygen atoms in total. The highest BCUT2D eigenvalue weighted by Crippen LogP contribution is 2.17. The molecule has 0 rings (SSSR count). The van der Waals surface area contributed by atoms with Gasteiger partial charge in [0.05, 0.1) is 0 Å². The zero-order valence-corrected chi connectivity index (χ0v) is 39.0. The molecule has 1 atom stereocenters. The molecular weight excluding hydrogens is 709 g/mol. The van der Waals surface area contributed by atoms with Gasteiger partial charge in [-0.05, 0) is 31.1 Å². The van der Waals surface area contributed by atoms with Gasteiger partial charge in [0.2, 0.25) is 0 Å². The average Bonchev–Trinajstić information content (AvgIpc) is 3.18. The average molecular weight is 807 g/mol. The van der Waals surface area contributed by atoms with Crippen LogP contribution in [0.3, 0.4) is 0 Å². The molecule has 0 aliphatic carbocycles. The van der Waals surface area contributed by atoms with Gasteiger partial charge in [0, 0.05) is 19.3 Å². The van der Waals surface area contributed by atoms with Gasteiger partial charge in [0.15, 0.2) is 6.10 Å². The van der Waals surface area contributed by atoms with Crippen molar-refractivity contribution < 1.29 is 28.6 Å². The van der Waals surface area contributed by atoms with Gasteiger partial charge in [0.1, 0.15) is 13.2 Å². The first kappa shape index (κ1) is 55.4. The molecule has 0 aromatic rings. The Morgan fingerprint density at radius 1 is 0.333 bits per heavy atom. The second kappa shape index (κ2) is 44.0. The van der Waals surface area contributed by atoms with Crippen molar-refractivity contribution in [3.8, 4) is 0 Å². The Bertz CT molecular complexity index is 870. The van der Waals surface area contributed by atoms with Gasteiger partial charge in [0.25, 0.3) is 0 Å². The molecule has 0 heterocycles. The first-order chi connectivity index (χ1) is 27.7. The van der Waals surface area contributed by atoms with Crippen molar-refractivity contribution >= 4 is 17.9 Å². The predicted molar refractivity (Wildman–Crippen MR) is 243 cm³/mol. The molecule has 6 heteroatoms. The quantitative estimate of drug-likeness (QED) is 0.0346. The molecule has 0 aliphatic rings. The Hall–Kier alpha value is -1.59. The summed E-state index contributed by atoms with van der Waals surface area (Å²) in [5.41, 5.74) is 0. The van der Waals surface area contributed by atoms with Gasteiger partial charge in [-0.2, -0.15) is 0 Å². The smallest absolute Gasteiger partial charge is 0.306 e. The van der Waals surface area contributed by atoms with E-state index in [4.69, 9.17) is 14.2 Å². The van der Waals surface area contributed by atoms with Crippen LogP contribution in [0.4, 0.5) is 0 Å². The van der Waals surface area contributed by atoms with Gasteiger partial charge < -0.3 is 14.2 Å². The SMILES string of the molecule is CCCCCCCCCCCCCCCCC(=O)O[C@H](COC(=O)CCCCCCCCCCCCC(C)C)COC(=O)CCCCCCCCCCCC(C)C. The summed E-state index contributed by atoms with van der Waals surface area (Å²) in [6.07, 6.45) is 43.7. The highest BCUT2D eigenvalue weighted by molar-refractivity contribution is 5.71. The van der Waals surface area contributed by atoms with Crippen molar-refractivity contribution in [1.82, 2.24) is 0 Å². The van der Waals surface area contributed by atoms with Crippen LogP contribution >= 0.6 is 0 Å². The Balaban J connectivity index is 4.33. The Kier molecular flexibility index (Phi) is 42.7. The lowest BCUT2D eigenvalue weighted by Crippen LogP contribution is -2.30. The van der Waals surface area contributed by atoms with Crippen LogP contribution in [-0.4, -0.2) is 37.2 Å². The van der Waals surface area contributed by atoms with Gasteiger partial charge >= 0.3 is 17.9 Å². The lowest BCUT2D eigenvalue weighted by atomic mass is 10.0. The minimum Gasteiger partial charge on any atom is -0.462 e. The van der Waals surface area contributed by atoms with Crippen molar-refractivity contribution in [1.29, 1.82) is 0 Å². The molecule has 57 heavy (non-hydrogen) atoms. The summed E-state index contributed by atoms with van der Waals surface area (Å²) in [7, 11) is 0. The monoisotopic (exact) mass is 807 g/mol. The van der Waals surface area contributed by atoms with Crippen LogP contribution in [0.5, 0.6) is 0 Å². The zero-order chi connectivity index (χ0) is 41.9. The summed E-state index contributed by atoms with van der Waals surface area (Å²) in [4.78, 5) is 37.9. The Morgan fingerprint density at radius 3 is 0.860 bits per heavy atom. The molecule has 0 N–H and O–H groups in total. The molecule has 0 aromatic carbocycles. The summed E-state index contributed by atoms with van der Waals surface area (Å²) in [5.74, 6) is 0.776. The minimum absolute atomic E-state index is 0.0643. The van der Waals surface area contributed by atoms with E-state index in [2.05, 4.69) is 34.6 Å². The Morgan fingerprint density at radius 2 is 0.579 bits per heavy atom. The van der Waals surface area contributed by atoms with E-state index in [-0.39, 0.29) is 31.1 Å². The zero-order valence-electron chi connectivity index (χ0n) is 39.0. The van der Waals surface area contributed by atoms with E-state index in [9.17, 15) is 14.4 Å². The van der Waals surface area contributed by atoms with Crippen LogP contribution in [0, 0.1) is 11.8 Å². The van der Waals surface area contributed by atoms with Crippen molar-refractivity contribution in [2.45, 2.75) is 285 Å². The molecule has 0 saturated carbocycles. The van der Waals surface area contributed by atoms with Crippen molar-refractivity contribution in [2.75, 3.05) is 13.2 Å². The van der Waals surface area contributed by atoms with Crippen LogP contribution in [0.2, 0.25) is 0 Å². The molecule has 0 aromatic heterocycles. The highest BCUT2D eigenvalue weighted by Gasteiger charge is 2.19. The fourth-order valence-corrected chi connectivity index (χ4v) is 7.64. The number of esters is 3. The van der Waals surface area contributed by atoms with E-state index in [0.29, 0.717) is 19.3 Å². The third-order valence-corrected chi connectivity index (χ3v) is 11.5. The van der Waals surface area contributed by atoms with Crippen molar-refractivity contribution in [2.24, 2.45) is 11.8 Å². The second-order valence-electron chi connectivity index (χ2n) is 18.4. The normalized spacial score (nSPS) is 12.1. The van der Waals surface area contributed by atoms with Crippen LogP contribution in [0.25, 0.3) is 0 Å². The van der Waals surface area contributed by atoms with E-state index in [1.54, 1.807) is 0 Å². The van der Waals surface area contributed by atoms with Crippen LogP contribution in [-0.2, 0) is 28.6 Å². The third-order valence-electron chi connectivity index (χ3n) is 11.5. The standard InChI is InChI=1S/C51H98O6/c1-6-7-8-9-10-11-12-13-14-15-22-28-33-38-43-51(54)57-48(45-56-50(53)42-37-32-27-23-18-20-25-30-35-40-47(4)5)44-55-49(52)41-36-31-26-21-17-16-19-24-29-34-39-46(2)3/h46-48H,6-45H2,1-5H3/t48-/m1/s1. The molecule has 0 unspecified atom stereocenters. The Labute approximate surface area is 355 Å². The number of carbonyl (C=O) groups excluding carboxylic acids is 3. The van der Waals surface area contributed by atoms with Gasteiger partial charge in [-0.25, -0.2) is 0 Å². The number of carbonyl (C=O) groups is 3. The lowest BCUT2D eigenvalue weighted by Gasteiger charge is -2.18. The summed E-state index contributed by atoms with van der Waals surface area (Å²) in [6.45, 7) is 11.3. The largest absolute Gasteiger partial charge is 0.462 e. The third kappa shape index (κ3) is 45.3. The minimum atomic E-state index is -0.761. The lowest BCUT2D eigenvalue weighted by molar-refractivity contribution is -0.167. The maximum Gasteiger partial charge on any atom is 0.306 e. The number of hydrogen-bond acceptors (Lipinski definition) is 6. The van der Waals surface area contributed by atoms with Crippen molar-refractivity contribution in [3.05, 3.63) is 0 Å². The van der Waals surface area contributed by atoms with Crippen molar-refractivity contribution in [3.63, 3.8) is 0 Å². The molecule has 0 bridgehead atoms. The molecular formula is C51H98O6. The molecule has 0 fully saturated rings. The first-order valence-corrected chi connectivity index (χ1v) is 25.2. The number of hydrogen-bond donors (Lipinski definition) is 0. The van der Waals surface area contributed by atoms with Gasteiger partial charge in [-0.15, -0.1) is 0 Å². The summed E-state index contributed by atoms with van der Waals surface area (Å²) < 4.78 is 16.8. The van der Waals surface area contributed by atoms with Gasteiger partial charge in [-0.1, -0.05) is 240 Å². The first-order valence-electron chi connectivity index (χ1n) is 25.2. The van der Waals surface area contributed by atoms with Crippen LogP contribution in [0.1, 0.15) is 279 Å². The maximum atomic E-state index is 12.8. The van der Waals surface area contributed by atoms with Crippen LogP contribution < -0.4 is 0 Å². The second-order valence-corrected chi connectivity index (χ2v) is 18.4. The van der Waals surface area contributed by atoms with E-state index in [1.165, 1.54) is 167 Å². The number of ether oxygens (including phenoxy) is 3. The summed E-state index contributed by atoms with van der Waals surface area (Å²) >= 11 is 0. The van der Waals surface area contributed by atoms with E-state index < -0.39 is 6.10 Å². The van der Waals surface area contributed by atoms with E-state index in [0.717, 1.165) is 69.6 Å². The molecule has 0 aliphatic heterocycles. The van der Waals surface area contributed by atoms with E-state index >= 15 is 0 Å². The summed E-state index contributed by atoms with van der Waals surface area (Å²) in [5, 5.41) is 0.